The van der Waals surface area contributed by atoms with Crippen molar-refractivity contribution in [2.75, 3.05) is 38.1 Å². The molecule has 0 amide bonds. The molecule has 3 heteroatoms. The normalized spacial score (nSPS) is 17.9. The average Bonchev–Trinajstić information content (AvgIpc) is 3.24. The summed E-state index contributed by atoms with van der Waals surface area (Å²) in [5.74, 6) is 0. The van der Waals surface area contributed by atoms with E-state index in [4.69, 9.17) is 0 Å². The van der Waals surface area contributed by atoms with Gasteiger partial charge in [-0.25, -0.2) is 0 Å². The van der Waals surface area contributed by atoms with Crippen molar-refractivity contribution in [2.24, 2.45) is 0 Å². The van der Waals surface area contributed by atoms with Crippen molar-refractivity contribution in [1.82, 2.24) is 10.2 Å². The molecule has 20 heavy (non-hydrogen) atoms. The third-order valence-corrected chi connectivity index (χ3v) is 4.65. The van der Waals surface area contributed by atoms with Crippen molar-refractivity contribution in [2.45, 2.75) is 38.8 Å². The Hall–Kier alpha value is -1.06. The summed E-state index contributed by atoms with van der Waals surface area (Å²) >= 11 is 0. The monoisotopic (exact) mass is 273 g/mol. The maximum Gasteiger partial charge on any atom is 0.0397 e. The van der Waals surface area contributed by atoms with E-state index >= 15 is 0 Å². The Morgan fingerprint density at radius 3 is 2.95 bits per heavy atom. The topological polar surface area (TPSA) is 18.5 Å². The van der Waals surface area contributed by atoms with Gasteiger partial charge in [-0.05, 0) is 43.0 Å². The number of nitrogens with zero attached hydrogens (tertiary/aromatic N) is 2. The standard InChI is InChI=1S/C17H27N3/c1-3-20(16-5-6-16)11-9-18-13-14-4-7-17-15(12-14)8-10-19(17)2/h4,7,12,16,18H,3,5-6,8-11,13H2,1-2H3. The molecular weight excluding hydrogens is 246 g/mol. The summed E-state index contributed by atoms with van der Waals surface area (Å²) in [5, 5.41) is 3.60. The molecule has 0 bridgehead atoms. The lowest BCUT2D eigenvalue weighted by Gasteiger charge is -2.19. The van der Waals surface area contributed by atoms with Gasteiger partial charge in [0.1, 0.15) is 0 Å². The highest BCUT2D eigenvalue weighted by Gasteiger charge is 2.26. The number of hydrogen-bond donors (Lipinski definition) is 1. The lowest BCUT2D eigenvalue weighted by atomic mass is 10.1. The lowest BCUT2D eigenvalue weighted by molar-refractivity contribution is 0.277. The Morgan fingerprint density at radius 2 is 2.20 bits per heavy atom. The van der Waals surface area contributed by atoms with Crippen LogP contribution in [0.2, 0.25) is 0 Å². The Morgan fingerprint density at radius 1 is 1.35 bits per heavy atom. The fourth-order valence-corrected chi connectivity index (χ4v) is 3.22. The van der Waals surface area contributed by atoms with Gasteiger partial charge in [0.2, 0.25) is 0 Å². The number of rotatable bonds is 7. The molecule has 1 aliphatic heterocycles. The number of fused-ring (bicyclic) bond motifs is 1. The summed E-state index contributed by atoms with van der Waals surface area (Å²) in [6.45, 7) is 7.92. The van der Waals surface area contributed by atoms with Gasteiger partial charge < -0.3 is 10.2 Å². The maximum absolute atomic E-state index is 3.60. The summed E-state index contributed by atoms with van der Waals surface area (Å²) in [5.41, 5.74) is 4.35. The van der Waals surface area contributed by atoms with Crippen molar-refractivity contribution in [3.8, 4) is 0 Å². The zero-order chi connectivity index (χ0) is 13.9. The second-order valence-electron chi connectivity index (χ2n) is 6.17. The van der Waals surface area contributed by atoms with Crippen LogP contribution in [0.5, 0.6) is 0 Å². The van der Waals surface area contributed by atoms with Crippen LogP contribution in [-0.2, 0) is 13.0 Å². The molecule has 1 aliphatic carbocycles. The first kappa shape index (κ1) is 13.9. The Balaban J connectivity index is 1.44. The predicted octanol–water partition coefficient (Wildman–Crippen LogP) is 2.25. The van der Waals surface area contributed by atoms with Crippen molar-refractivity contribution in [3.05, 3.63) is 29.3 Å². The molecular formula is C17H27N3. The zero-order valence-corrected chi connectivity index (χ0v) is 12.9. The molecule has 1 heterocycles. The van der Waals surface area contributed by atoms with Crippen molar-refractivity contribution >= 4 is 5.69 Å². The van der Waals surface area contributed by atoms with Crippen LogP contribution >= 0.6 is 0 Å². The van der Waals surface area contributed by atoms with Gasteiger partial charge in [-0.1, -0.05) is 19.1 Å². The van der Waals surface area contributed by atoms with Crippen LogP contribution in [-0.4, -0.2) is 44.2 Å². The van der Waals surface area contributed by atoms with Crippen LogP contribution < -0.4 is 10.2 Å². The molecule has 1 fully saturated rings. The van der Waals surface area contributed by atoms with Gasteiger partial charge in [0.05, 0.1) is 0 Å². The van der Waals surface area contributed by atoms with Gasteiger partial charge in [-0.2, -0.15) is 0 Å². The van der Waals surface area contributed by atoms with Gasteiger partial charge in [-0.15, -0.1) is 0 Å². The van der Waals surface area contributed by atoms with E-state index in [1.54, 1.807) is 0 Å². The lowest BCUT2D eigenvalue weighted by Crippen LogP contribution is -2.33. The molecule has 3 nitrogen and oxygen atoms in total. The van der Waals surface area contributed by atoms with E-state index in [1.807, 2.05) is 0 Å². The first-order valence-corrected chi connectivity index (χ1v) is 8.05. The summed E-state index contributed by atoms with van der Waals surface area (Å²) in [4.78, 5) is 4.95. The highest BCUT2D eigenvalue weighted by molar-refractivity contribution is 5.58. The Kier molecular flexibility index (Phi) is 4.27. The Labute approximate surface area is 123 Å². The van der Waals surface area contributed by atoms with Crippen LogP contribution in [0.25, 0.3) is 0 Å². The smallest absolute Gasteiger partial charge is 0.0397 e. The van der Waals surface area contributed by atoms with E-state index < -0.39 is 0 Å². The van der Waals surface area contributed by atoms with Crippen LogP contribution in [0.15, 0.2) is 18.2 Å². The molecule has 110 valence electrons. The molecule has 0 aromatic heterocycles. The second kappa shape index (κ2) is 6.15. The molecule has 1 saturated carbocycles. The molecule has 3 rings (SSSR count). The number of benzene rings is 1. The van der Waals surface area contributed by atoms with E-state index in [9.17, 15) is 0 Å². The van der Waals surface area contributed by atoms with Crippen LogP contribution in [0.4, 0.5) is 5.69 Å². The highest BCUT2D eigenvalue weighted by atomic mass is 15.2. The van der Waals surface area contributed by atoms with Gasteiger partial charge in [0.15, 0.2) is 0 Å². The summed E-state index contributed by atoms with van der Waals surface area (Å²) in [6.07, 6.45) is 4.02. The van der Waals surface area contributed by atoms with Crippen molar-refractivity contribution < 1.29 is 0 Å². The van der Waals surface area contributed by atoms with E-state index in [-0.39, 0.29) is 0 Å². The van der Waals surface area contributed by atoms with Crippen molar-refractivity contribution in [1.29, 1.82) is 0 Å². The fourth-order valence-electron chi connectivity index (χ4n) is 3.22. The summed E-state index contributed by atoms with van der Waals surface area (Å²) in [7, 11) is 2.18. The molecule has 0 saturated heterocycles. The quantitative estimate of drug-likeness (QED) is 0.769. The summed E-state index contributed by atoms with van der Waals surface area (Å²) in [6, 6.07) is 7.82. The molecule has 0 spiro atoms. The molecule has 2 aliphatic rings. The first-order chi connectivity index (χ1) is 9.78. The minimum atomic E-state index is 0.886. The van der Waals surface area contributed by atoms with E-state index in [0.29, 0.717) is 0 Å². The molecule has 0 radical (unpaired) electrons. The Bertz CT molecular complexity index is 454. The van der Waals surface area contributed by atoms with Gasteiger partial charge in [0.25, 0.3) is 0 Å². The predicted molar refractivity (Wildman–Crippen MR) is 85.4 cm³/mol. The minimum Gasteiger partial charge on any atom is -0.374 e. The van der Waals surface area contributed by atoms with Crippen molar-refractivity contribution in [3.63, 3.8) is 0 Å². The summed E-state index contributed by atoms with van der Waals surface area (Å²) < 4.78 is 0. The zero-order valence-electron chi connectivity index (χ0n) is 12.9. The number of likely N-dealkylation sites (N-methyl/N-ethyl adjacent to an activating group) is 2. The maximum atomic E-state index is 3.60. The van der Waals surface area contributed by atoms with E-state index in [2.05, 4.69) is 47.3 Å². The van der Waals surface area contributed by atoms with Gasteiger partial charge in [-0.3, -0.25) is 4.90 Å². The average molecular weight is 273 g/mol. The van der Waals surface area contributed by atoms with Gasteiger partial charge in [0, 0.05) is 45.0 Å². The molecule has 0 atom stereocenters. The first-order valence-electron chi connectivity index (χ1n) is 8.05. The molecule has 1 aromatic carbocycles. The van der Waals surface area contributed by atoms with E-state index in [0.717, 1.165) is 19.1 Å². The third kappa shape index (κ3) is 3.15. The number of anilines is 1. The molecule has 0 unspecified atom stereocenters. The minimum absolute atomic E-state index is 0.886. The highest BCUT2D eigenvalue weighted by Crippen LogP contribution is 2.27. The molecule has 1 aromatic rings. The number of hydrogen-bond acceptors (Lipinski definition) is 3. The molecule has 1 N–H and O–H groups in total. The van der Waals surface area contributed by atoms with Gasteiger partial charge >= 0.3 is 0 Å². The largest absolute Gasteiger partial charge is 0.374 e. The fraction of sp³-hybridized carbons (Fsp3) is 0.647. The van der Waals surface area contributed by atoms with E-state index in [1.165, 1.54) is 55.7 Å². The number of nitrogens with one attached hydrogen (secondary N) is 1. The van der Waals surface area contributed by atoms with Crippen LogP contribution in [0.1, 0.15) is 30.9 Å². The SMILES string of the molecule is CCN(CCNCc1ccc2c(c1)CCN2C)C1CC1. The van der Waals surface area contributed by atoms with Crippen LogP contribution in [0, 0.1) is 0 Å². The third-order valence-electron chi connectivity index (χ3n) is 4.65. The second-order valence-corrected chi connectivity index (χ2v) is 6.17. The van der Waals surface area contributed by atoms with Crippen LogP contribution in [0.3, 0.4) is 0 Å².